The van der Waals surface area contributed by atoms with E-state index in [1.165, 1.54) is 0 Å². The number of pyridine rings is 1. The molecule has 0 aliphatic heterocycles. The predicted molar refractivity (Wildman–Crippen MR) is 69.6 cm³/mol. The maximum absolute atomic E-state index is 9.22. The van der Waals surface area contributed by atoms with Crippen molar-refractivity contribution >= 4 is 11.6 Å². The largest absolute Gasteiger partial charge is 0.318 e. The molecule has 1 rings (SSSR count). The van der Waals surface area contributed by atoms with Crippen LogP contribution in [0.1, 0.15) is 36.5 Å². The van der Waals surface area contributed by atoms with Gasteiger partial charge in [0.05, 0.1) is 19.0 Å². The van der Waals surface area contributed by atoms with Crippen LogP contribution in [-0.2, 0) is 6.42 Å². The summed E-state index contributed by atoms with van der Waals surface area (Å²) < 4.78 is 0. The summed E-state index contributed by atoms with van der Waals surface area (Å²) in [6.07, 6.45) is 1.95. The fourth-order valence-electron chi connectivity index (χ4n) is 1.73. The van der Waals surface area contributed by atoms with Gasteiger partial charge >= 0.3 is 0 Å². The minimum Gasteiger partial charge on any atom is -0.318 e. The lowest BCUT2D eigenvalue weighted by atomic mass is 10.0. The quantitative estimate of drug-likeness (QED) is 0.762. The first kappa shape index (κ1) is 14.3. The Kier molecular flexibility index (Phi) is 5.14. The molecule has 1 heterocycles. The summed E-state index contributed by atoms with van der Waals surface area (Å²) in [5, 5.41) is 30.2. The molecule has 0 saturated heterocycles. The third-order valence-corrected chi connectivity index (χ3v) is 2.69. The van der Waals surface area contributed by atoms with E-state index >= 15 is 0 Å². The SMILES string of the molecule is CCCCNc1[nH+]c(N)c(C#N)c(CC#N)c1C#N. The highest BCUT2D eigenvalue weighted by atomic mass is 15.0. The first-order valence-electron chi connectivity index (χ1n) is 5.98. The Morgan fingerprint density at radius 2 is 1.89 bits per heavy atom. The van der Waals surface area contributed by atoms with E-state index in [0.717, 1.165) is 12.8 Å². The summed E-state index contributed by atoms with van der Waals surface area (Å²) in [4.78, 5) is 2.82. The maximum atomic E-state index is 9.22. The molecule has 0 unspecified atom stereocenters. The second-order valence-corrected chi connectivity index (χ2v) is 3.98. The Labute approximate surface area is 112 Å². The summed E-state index contributed by atoms with van der Waals surface area (Å²) in [5.74, 6) is 0.642. The van der Waals surface area contributed by atoms with Gasteiger partial charge in [0.25, 0.3) is 0 Å². The normalized spacial score (nSPS) is 9.16. The molecule has 4 N–H and O–H groups in total. The molecule has 1 aromatic rings. The zero-order valence-electron chi connectivity index (χ0n) is 10.7. The fraction of sp³-hybridized carbons (Fsp3) is 0.385. The molecule has 6 nitrogen and oxygen atoms in total. The molecule has 0 spiro atoms. The molecule has 0 amide bonds. The standard InChI is InChI=1S/C13H14N6/c1-2-3-6-18-13-11(8-16)9(4-5-14)10(7-15)12(17)19-13/h2-4,6H2,1H3,(H3,17,18,19)/p+1. The van der Waals surface area contributed by atoms with Crippen molar-refractivity contribution in [3.63, 3.8) is 0 Å². The van der Waals surface area contributed by atoms with Crippen LogP contribution in [0, 0.1) is 34.0 Å². The zero-order chi connectivity index (χ0) is 14.3. The van der Waals surface area contributed by atoms with Crippen LogP contribution in [-0.4, -0.2) is 6.54 Å². The Morgan fingerprint density at radius 3 is 2.42 bits per heavy atom. The molecule has 0 aromatic carbocycles. The fourth-order valence-corrected chi connectivity index (χ4v) is 1.73. The average Bonchev–Trinajstić information content (AvgIpc) is 2.40. The molecule has 6 heteroatoms. The van der Waals surface area contributed by atoms with Crippen LogP contribution in [0.3, 0.4) is 0 Å². The van der Waals surface area contributed by atoms with Gasteiger partial charge in [0.2, 0.25) is 11.6 Å². The molecule has 0 radical (unpaired) electrons. The molecule has 0 bridgehead atoms. The molecule has 1 aromatic heterocycles. The van der Waals surface area contributed by atoms with Gasteiger partial charge in [-0.2, -0.15) is 15.8 Å². The molecule has 19 heavy (non-hydrogen) atoms. The number of nitrogens with one attached hydrogen (secondary N) is 2. The number of aromatic amines is 1. The first-order chi connectivity index (χ1) is 9.19. The number of anilines is 2. The molecule has 96 valence electrons. The van der Waals surface area contributed by atoms with E-state index < -0.39 is 0 Å². The minimum atomic E-state index is -0.0207. The number of rotatable bonds is 5. The van der Waals surface area contributed by atoms with Crippen LogP contribution in [0.5, 0.6) is 0 Å². The highest BCUT2D eigenvalue weighted by molar-refractivity contribution is 5.63. The lowest BCUT2D eigenvalue weighted by Crippen LogP contribution is -2.23. The topological polar surface area (TPSA) is 124 Å². The zero-order valence-corrected chi connectivity index (χ0v) is 10.7. The van der Waals surface area contributed by atoms with E-state index in [1.54, 1.807) is 0 Å². The lowest BCUT2D eigenvalue weighted by molar-refractivity contribution is -0.343. The molecule has 0 fully saturated rings. The van der Waals surface area contributed by atoms with Crippen molar-refractivity contribution in [2.24, 2.45) is 0 Å². The van der Waals surface area contributed by atoms with E-state index in [9.17, 15) is 5.26 Å². The number of unbranched alkanes of at least 4 members (excludes halogenated alkanes) is 1. The summed E-state index contributed by atoms with van der Waals surface area (Å²) in [6.45, 7) is 2.75. The first-order valence-corrected chi connectivity index (χ1v) is 5.98. The minimum absolute atomic E-state index is 0.0207. The number of hydrogen-bond acceptors (Lipinski definition) is 5. The van der Waals surface area contributed by atoms with Gasteiger partial charge in [0.1, 0.15) is 23.3 Å². The molecular formula is C13H15N6+. The van der Waals surface area contributed by atoms with Crippen molar-refractivity contribution in [1.29, 1.82) is 15.8 Å². The summed E-state index contributed by atoms with van der Waals surface area (Å²) in [7, 11) is 0. The van der Waals surface area contributed by atoms with E-state index in [1.807, 2.05) is 18.2 Å². The van der Waals surface area contributed by atoms with Gasteiger partial charge in [-0.05, 0) is 6.42 Å². The van der Waals surface area contributed by atoms with Gasteiger partial charge < -0.3 is 11.1 Å². The van der Waals surface area contributed by atoms with E-state index in [0.29, 0.717) is 17.9 Å². The summed E-state index contributed by atoms with van der Waals surface area (Å²) in [6, 6.07) is 5.91. The number of nitrogens with two attached hydrogens (primary N) is 1. The number of H-pyrrole nitrogens is 1. The highest BCUT2D eigenvalue weighted by Crippen LogP contribution is 2.22. The Balaban J connectivity index is 3.31. The maximum Gasteiger partial charge on any atom is 0.237 e. The van der Waals surface area contributed by atoms with Crippen molar-refractivity contribution in [2.45, 2.75) is 26.2 Å². The van der Waals surface area contributed by atoms with E-state index in [-0.39, 0.29) is 23.4 Å². The third-order valence-electron chi connectivity index (χ3n) is 2.69. The Morgan fingerprint density at radius 1 is 1.21 bits per heavy atom. The van der Waals surface area contributed by atoms with Gasteiger partial charge in [-0.25, -0.2) is 4.98 Å². The number of aromatic nitrogens is 1. The number of hydrogen-bond donors (Lipinski definition) is 2. The Bertz CT molecular complexity index is 585. The van der Waals surface area contributed by atoms with Gasteiger partial charge in [0, 0.05) is 5.56 Å². The third kappa shape index (κ3) is 3.12. The van der Waals surface area contributed by atoms with Gasteiger partial charge in [0.15, 0.2) is 0 Å². The summed E-state index contributed by atoms with van der Waals surface area (Å²) >= 11 is 0. The van der Waals surface area contributed by atoms with Crippen LogP contribution < -0.4 is 16.0 Å². The van der Waals surface area contributed by atoms with Crippen molar-refractivity contribution in [3.05, 3.63) is 16.7 Å². The smallest absolute Gasteiger partial charge is 0.237 e. The van der Waals surface area contributed by atoms with Crippen LogP contribution in [0.15, 0.2) is 0 Å². The predicted octanol–water partition coefficient (Wildman–Crippen LogP) is 1.10. The summed E-state index contributed by atoms with van der Waals surface area (Å²) in [5.41, 5.74) is 6.58. The van der Waals surface area contributed by atoms with Crippen LogP contribution >= 0.6 is 0 Å². The molecule has 0 saturated carbocycles. The molecule has 0 aliphatic carbocycles. The van der Waals surface area contributed by atoms with E-state index in [2.05, 4.69) is 17.2 Å². The molecule has 0 atom stereocenters. The van der Waals surface area contributed by atoms with Gasteiger partial charge in [-0.1, -0.05) is 13.3 Å². The van der Waals surface area contributed by atoms with Crippen molar-refractivity contribution in [1.82, 2.24) is 0 Å². The second-order valence-electron chi connectivity index (χ2n) is 3.98. The lowest BCUT2D eigenvalue weighted by Gasteiger charge is -2.08. The molecule has 0 aliphatic rings. The van der Waals surface area contributed by atoms with Crippen LogP contribution in [0.25, 0.3) is 0 Å². The second kappa shape index (κ2) is 6.83. The monoisotopic (exact) mass is 255 g/mol. The van der Waals surface area contributed by atoms with Crippen LogP contribution in [0.4, 0.5) is 11.6 Å². The number of nitriles is 3. The van der Waals surface area contributed by atoms with Crippen LogP contribution in [0.2, 0.25) is 0 Å². The Hall–Kier alpha value is -2.78. The van der Waals surface area contributed by atoms with Crippen molar-refractivity contribution in [2.75, 3.05) is 17.6 Å². The number of nitrogens with zero attached hydrogens (tertiary/aromatic N) is 3. The number of nitrogen functional groups attached to an aromatic ring is 1. The average molecular weight is 255 g/mol. The van der Waals surface area contributed by atoms with Crippen molar-refractivity contribution < 1.29 is 4.98 Å². The van der Waals surface area contributed by atoms with E-state index in [4.69, 9.17) is 16.3 Å². The van der Waals surface area contributed by atoms with Gasteiger partial charge in [-0.3, -0.25) is 0 Å². The highest BCUT2D eigenvalue weighted by Gasteiger charge is 2.21. The molecular weight excluding hydrogens is 240 g/mol. The van der Waals surface area contributed by atoms with Gasteiger partial charge in [-0.15, -0.1) is 0 Å². The van der Waals surface area contributed by atoms with Crippen molar-refractivity contribution in [3.8, 4) is 18.2 Å².